The van der Waals surface area contributed by atoms with E-state index < -0.39 is 11.6 Å². The van der Waals surface area contributed by atoms with Gasteiger partial charge in [-0.2, -0.15) is 5.26 Å². The van der Waals surface area contributed by atoms with Crippen LogP contribution in [-0.2, 0) is 10.3 Å². The highest BCUT2D eigenvalue weighted by molar-refractivity contribution is 6.07. The molecular formula is C20H18FN3O3. The predicted molar refractivity (Wildman–Crippen MR) is 95.3 cm³/mol. The molecule has 1 aliphatic heterocycles. The van der Waals surface area contributed by atoms with Gasteiger partial charge in [0.15, 0.2) is 0 Å². The highest BCUT2D eigenvalue weighted by Crippen LogP contribution is 2.29. The molecule has 1 N–H and O–H groups in total. The van der Waals surface area contributed by atoms with E-state index in [0.717, 1.165) is 4.90 Å². The van der Waals surface area contributed by atoms with Crippen LogP contribution >= 0.6 is 0 Å². The van der Waals surface area contributed by atoms with Crippen LogP contribution in [0.25, 0.3) is 0 Å². The summed E-state index contributed by atoms with van der Waals surface area (Å²) in [6, 6.07) is 13.7. The first-order valence-electron chi connectivity index (χ1n) is 8.47. The number of imide groups is 1. The van der Waals surface area contributed by atoms with Crippen molar-refractivity contribution in [2.24, 2.45) is 0 Å². The Bertz CT molecular complexity index is 890. The summed E-state index contributed by atoms with van der Waals surface area (Å²) < 4.78 is 18.3. The van der Waals surface area contributed by atoms with Crippen LogP contribution in [0.2, 0.25) is 0 Å². The molecule has 1 heterocycles. The van der Waals surface area contributed by atoms with Crippen molar-refractivity contribution in [1.82, 2.24) is 10.2 Å². The highest BCUT2D eigenvalue weighted by atomic mass is 19.1. The second kappa shape index (κ2) is 7.46. The number of hydrogen-bond donors (Lipinski definition) is 1. The number of nitrogens with zero attached hydrogens (tertiary/aromatic N) is 2. The molecule has 7 heteroatoms. The molecule has 0 radical (unpaired) electrons. The molecule has 0 aliphatic carbocycles. The van der Waals surface area contributed by atoms with E-state index in [9.17, 15) is 14.0 Å². The van der Waals surface area contributed by atoms with Gasteiger partial charge in [-0.15, -0.1) is 0 Å². The zero-order valence-corrected chi connectivity index (χ0v) is 14.7. The minimum absolute atomic E-state index is 0.206. The van der Waals surface area contributed by atoms with E-state index in [2.05, 4.69) is 5.32 Å². The third-order valence-electron chi connectivity index (χ3n) is 4.47. The molecule has 27 heavy (non-hydrogen) atoms. The first-order valence-corrected chi connectivity index (χ1v) is 8.47. The van der Waals surface area contributed by atoms with Gasteiger partial charge in [0, 0.05) is 6.54 Å². The number of carbonyl (C=O) groups excluding carboxylic acids is 2. The van der Waals surface area contributed by atoms with Crippen molar-refractivity contribution in [2.75, 3.05) is 13.2 Å². The first kappa shape index (κ1) is 18.4. The van der Waals surface area contributed by atoms with Crippen molar-refractivity contribution in [3.63, 3.8) is 0 Å². The van der Waals surface area contributed by atoms with Crippen LogP contribution in [0.3, 0.4) is 0 Å². The third kappa shape index (κ3) is 3.75. The van der Waals surface area contributed by atoms with E-state index in [-0.39, 0.29) is 24.9 Å². The van der Waals surface area contributed by atoms with Gasteiger partial charge in [-0.05, 0) is 55.3 Å². The monoisotopic (exact) mass is 367 g/mol. The quantitative estimate of drug-likeness (QED) is 0.629. The Labute approximate surface area is 156 Å². The normalized spacial score (nSPS) is 18.9. The largest absolute Gasteiger partial charge is 0.494 e. The molecule has 0 aromatic heterocycles. The van der Waals surface area contributed by atoms with Crippen LogP contribution in [0.1, 0.15) is 24.5 Å². The van der Waals surface area contributed by atoms with Gasteiger partial charge in [0.1, 0.15) is 17.1 Å². The number of halogens is 1. The average molecular weight is 367 g/mol. The molecule has 1 unspecified atom stereocenters. The maximum atomic E-state index is 12.9. The zero-order chi connectivity index (χ0) is 19.4. The van der Waals surface area contributed by atoms with Crippen molar-refractivity contribution < 1.29 is 18.7 Å². The Hall–Kier alpha value is -3.40. The lowest BCUT2D eigenvalue weighted by Crippen LogP contribution is -2.41. The Kier molecular flexibility index (Phi) is 5.08. The molecule has 3 rings (SSSR count). The number of hydrogen-bond acceptors (Lipinski definition) is 4. The second-order valence-electron chi connectivity index (χ2n) is 6.36. The number of nitriles is 1. The highest BCUT2D eigenvalue weighted by Gasteiger charge is 2.48. The van der Waals surface area contributed by atoms with Crippen molar-refractivity contribution in [3.8, 4) is 11.8 Å². The van der Waals surface area contributed by atoms with Gasteiger partial charge in [-0.1, -0.05) is 12.1 Å². The molecule has 3 amide bonds. The summed E-state index contributed by atoms with van der Waals surface area (Å²) in [7, 11) is 0. The molecule has 0 spiro atoms. The molecule has 2 aromatic carbocycles. The molecule has 138 valence electrons. The predicted octanol–water partition coefficient (Wildman–Crippen LogP) is 2.93. The smallest absolute Gasteiger partial charge is 0.325 e. The summed E-state index contributed by atoms with van der Waals surface area (Å²) >= 11 is 0. The van der Waals surface area contributed by atoms with Crippen molar-refractivity contribution >= 4 is 11.9 Å². The van der Waals surface area contributed by atoms with Gasteiger partial charge in [-0.25, -0.2) is 9.18 Å². The lowest BCUT2D eigenvalue weighted by atomic mass is 9.91. The first-order chi connectivity index (χ1) is 12.9. The third-order valence-corrected chi connectivity index (χ3v) is 4.47. The molecule has 1 fully saturated rings. The van der Waals surface area contributed by atoms with E-state index >= 15 is 0 Å². The Morgan fingerprint density at radius 3 is 2.44 bits per heavy atom. The number of carbonyl (C=O) groups is 2. The van der Waals surface area contributed by atoms with Gasteiger partial charge in [0.25, 0.3) is 5.91 Å². The Balaban J connectivity index is 1.60. The average Bonchev–Trinajstić information content (AvgIpc) is 2.90. The zero-order valence-electron chi connectivity index (χ0n) is 14.7. The van der Waals surface area contributed by atoms with Crippen LogP contribution in [0.15, 0.2) is 48.5 Å². The molecule has 0 bridgehead atoms. The summed E-state index contributed by atoms with van der Waals surface area (Å²) in [5.41, 5.74) is -0.0677. The number of nitrogens with one attached hydrogen (secondary N) is 1. The topological polar surface area (TPSA) is 82.4 Å². The lowest BCUT2D eigenvalue weighted by molar-refractivity contribution is -0.131. The van der Waals surface area contributed by atoms with Gasteiger partial charge in [0.05, 0.1) is 18.2 Å². The standard InChI is InChI=1S/C20H18FN3O3/c1-20(15-5-3-14(13-22)4-6-15)18(25)24(19(26)23-20)11-2-12-27-17-9-7-16(21)8-10-17/h3-10H,2,11-12H2,1H3,(H,23,26). The van der Waals surface area contributed by atoms with E-state index in [4.69, 9.17) is 10.00 Å². The summed E-state index contributed by atoms with van der Waals surface area (Å²) in [6.45, 7) is 2.14. The number of ether oxygens (including phenoxy) is 1. The van der Waals surface area contributed by atoms with Crippen LogP contribution < -0.4 is 10.1 Å². The minimum Gasteiger partial charge on any atom is -0.494 e. The summed E-state index contributed by atoms with van der Waals surface area (Å²) in [5.74, 6) is -0.168. The van der Waals surface area contributed by atoms with E-state index in [1.54, 1.807) is 31.2 Å². The van der Waals surface area contributed by atoms with E-state index in [1.807, 2.05) is 6.07 Å². The molecule has 2 aromatic rings. The van der Waals surface area contributed by atoms with Gasteiger partial charge in [-0.3, -0.25) is 9.69 Å². The van der Waals surface area contributed by atoms with Crippen molar-refractivity contribution in [2.45, 2.75) is 18.9 Å². The van der Waals surface area contributed by atoms with Gasteiger partial charge in [0.2, 0.25) is 0 Å². The fraction of sp³-hybridized carbons (Fsp3) is 0.250. The summed E-state index contributed by atoms with van der Waals surface area (Å²) in [6.07, 6.45) is 0.444. The second-order valence-corrected chi connectivity index (χ2v) is 6.36. The number of amides is 3. The van der Waals surface area contributed by atoms with E-state index in [1.165, 1.54) is 24.3 Å². The summed E-state index contributed by atoms with van der Waals surface area (Å²) in [4.78, 5) is 26.2. The van der Waals surface area contributed by atoms with Crippen molar-refractivity contribution in [3.05, 3.63) is 65.5 Å². The van der Waals surface area contributed by atoms with Gasteiger partial charge >= 0.3 is 6.03 Å². The molecule has 1 saturated heterocycles. The van der Waals surface area contributed by atoms with E-state index in [0.29, 0.717) is 23.3 Å². The Morgan fingerprint density at radius 1 is 1.15 bits per heavy atom. The maximum Gasteiger partial charge on any atom is 0.325 e. The lowest BCUT2D eigenvalue weighted by Gasteiger charge is -2.22. The van der Waals surface area contributed by atoms with Gasteiger partial charge < -0.3 is 10.1 Å². The summed E-state index contributed by atoms with van der Waals surface area (Å²) in [5, 5.41) is 11.6. The molecular weight excluding hydrogens is 349 g/mol. The van der Waals surface area contributed by atoms with Crippen LogP contribution in [0, 0.1) is 17.1 Å². The van der Waals surface area contributed by atoms with Crippen LogP contribution in [-0.4, -0.2) is 30.0 Å². The number of urea groups is 1. The fourth-order valence-corrected chi connectivity index (χ4v) is 2.92. The number of benzene rings is 2. The maximum absolute atomic E-state index is 12.9. The fourth-order valence-electron chi connectivity index (χ4n) is 2.92. The minimum atomic E-state index is -1.16. The molecule has 1 aliphatic rings. The van der Waals surface area contributed by atoms with Crippen LogP contribution in [0.5, 0.6) is 5.75 Å². The SMILES string of the molecule is CC1(c2ccc(C#N)cc2)NC(=O)N(CCCOc2ccc(F)cc2)C1=O. The Morgan fingerprint density at radius 2 is 1.81 bits per heavy atom. The molecule has 1 atom stereocenters. The molecule has 0 saturated carbocycles. The van der Waals surface area contributed by atoms with Crippen LogP contribution in [0.4, 0.5) is 9.18 Å². The molecule has 6 nitrogen and oxygen atoms in total. The number of rotatable bonds is 6. The van der Waals surface area contributed by atoms with Crippen molar-refractivity contribution in [1.29, 1.82) is 5.26 Å².